The molecule has 0 spiro atoms. The van der Waals surface area contributed by atoms with Crippen LogP contribution in [0.1, 0.15) is 5.56 Å². The van der Waals surface area contributed by atoms with Gasteiger partial charge in [-0.3, -0.25) is 0 Å². The van der Waals surface area contributed by atoms with Crippen molar-refractivity contribution in [3.63, 3.8) is 0 Å². The van der Waals surface area contributed by atoms with Crippen molar-refractivity contribution < 1.29 is 5.11 Å². The van der Waals surface area contributed by atoms with Gasteiger partial charge in [-0.05, 0) is 18.2 Å². The largest absolute Gasteiger partial charge is 0.493 e. The van der Waals surface area contributed by atoms with Crippen molar-refractivity contribution in [2.75, 3.05) is 0 Å². The van der Waals surface area contributed by atoms with E-state index in [0.717, 1.165) is 5.56 Å². The lowest BCUT2D eigenvalue weighted by molar-refractivity contribution is 0.432. The third kappa shape index (κ3) is 2.57. The summed E-state index contributed by atoms with van der Waals surface area (Å²) in [5.41, 5.74) is 1.86. The van der Waals surface area contributed by atoms with Crippen molar-refractivity contribution in [2.24, 2.45) is 0 Å². The second-order valence-electron chi connectivity index (χ2n) is 4.32. The van der Waals surface area contributed by atoms with E-state index in [1.54, 1.807) is 24.3 Å². The lowest BCUT2D eigenvalue weighted by atomic mass is 10.2. The molecule has 0 unspecified atom stereocenters. The molecule has 0 saturated carbocycles. The average Bonchev–Trinajstić information content (AvgIpc) is 2.90. The number of aromatic hydroxyl groups is 1. The monoisotopic (exact) mass is 296 g/mol. The Morgan fingerprint density at radius 1 is 1.14 bits per heavy atom. The molecule has 6 heteroatoms. The van der Waals surface area contributed by atoms with Gasteiger partial charge in [-0.1, -0.05) is 23.7 Å². The van der Waals surface area contributed by atoms with Crippen LogP contribution in [0.3, 0.4) is 0 Å². The van der Waals surface area contributed by atoms with Gasteiger partial charge in [-0.25, -0.2) is 4.98 Å². The smallest absolute Gasteiger partial charge is 0.216 e. The molecule has 5 nitrogen and oxygen atoms in total. The van der Waals surface area contributed by atoms with Gasteiger partial charge in [-0.15, -0.1) is 0 Å². The van der Waals surface area contributed by atoms with E-state index >= 15 is 0 Å². The topological polar surface area (TPSA) is 74.7 Å². The zero-order chi connectivity index (χ0) is 14.8. The van der Waals surface area contributed by atoms with Crippen LogP contribution >= 0.6 is 11.6 Å². The number of aromatic nitrogens is 3. The lowest BCUT2D eigenvalue weighted by Crippen LogP contribution is -1.99. The summed E-state index contributed by atoms with van der Waals surface area (Å²) < 4.78 is 1.28. The van der Waals surface area contributed by atoms with Crippen molar-refractivity contribution in [1.29, 1.82) is 5.26 Å². The molecule has 3 rings (SSSR count). The quantitative estimate of drug-likeness (QED) is 0.788. The number of hydrogen-bond acceptors (Lipinski definition) is 4. The van der Waals surface area contributed by atoms with Crippen LogP contribution in [0.2, 0.25) is 5.02 Å². The molecule has 0 atom stereocenters. The van der Waals surface area contributed by atoms with E-state index in [1.807, 2.05) is 18.2 Å². The van der Waals surface area contributed by atoms with Gasteiger partial charge in [0.25, 0.3) is 0 Å². The average molecular weight is 297 g/mol. The predicted molar refractivity (Wildman–Crippen MR) is 78.2 cm³/mol. The summed E-state index contributed by atoms with van der Waals surface area (Å²) in [5, 5.41) is 23.9. The molecule has 1 N–H and O–H groups in total. The molecule has 2 heterocycles. The highest BCUT2D eigenvalue weighted by Crippen LogP contribution is 2.25. The zero-order valence-corrected chi connectivity index (χ0v) is 11.5. The summed E-state index contributed by atoms with van der Waals surface area (Å²) in [6, 6.07) is 13.8. The van der Waals surface area contributed by atoms with Gasteiger partial charge >= 0.3 is 0 Å². The van der Waals surface area contributed by atoms with Crippen LogP contribution in [-0.4, -0.2) is 19.9 Å². The molecule has 0 fully saturated rings. The maximum absolute atomic E-state index is 10.0. The van der Waals surface area contributed by atoms with E-state index in [9.17, 15) is 5.11 Å². The molecular formula is C15H9ClN4O. The number of rotatable bonds is 2. The summed E-state index contributed by atoms with van der Waals surface area (Å²) >= 11 is 5.85. The van der Waals surface area contributed by atoms with Crippen molar-refractivity contribution in [3.8, 4) is 29.0 Å². The van der Waals surface area contributed by atoms with Gasteiger partial charge in [-0.2, -0.15) is 15.0 Å². The van der Waals surface area contributed by atoms with E-state index in [2.05, 4.69) is 10.1 Å². The van der Waals surface area contributed by atoms with Crippen LogP contribution in [0.4, 0.5) is 0 Å². The van der Waals surface area contributed by atoms with Gasteiger partial charge in [0.05, 0.1) is 17.3 Å². The molecule has 0 saturated heterocycles. The van der Waals surface area contributed by atoms with Gasteiger partial charge < -0.3 is 5.11 Å². The second kappa shape index (κ2) is 5.27. The minimum absolute atomic E-state index is 0.0532. The molecule has 3 aromatic rings. The number of pyridine rings is 1. The van der Waals surface area contributed by atoms with Crippen LogP contribution in [0.25, 0.3) is 17.1 Å². The molecule has 1 aromatic carbocycles. The van der Waals surface area contributed by atoms with Crippen molar-refractivity contribution in [1.82, 2.24) is 14.8 Å². The van der Waals surface area contributed by atoms with Gasteiger partial charge in [0.2, 0.25) is 5.88 Å². The highest BCUT2D eigenvalue weighted by Gasteiger charge is 2.11. The first-order valence-corrected chi connectivity index (χ1v) is 6.46. The predicted octanol–water partition coefficient (Wildman–Crippen LogP) is 3.16. The number of nitrogens with zero attached hydrogens (tertiary/aromatic N) is 4. The number of hydrogen-bond donors (Lipinski definition) is 1. The van der Waals surface area contributed by atoms with Crippen molar-refractivity contribution in [2.45, 2.75) is 0 Å². The molecule has 0 aliphatic rings. The molecule has 102 valence electrons. The zero-order valence-electron chi connectivity index (χ0n) is 10.7. The van der Waals surface area contributed by atoms with E-state index in [0.29, 0.717) is 22.1 Å². The van der Waals surface area contributed by atoms with E-state index in [-0.39, 0.29) is 5.88 Å². The van der Waals surface area contributed by atoms with E-state index < -0.39 is 0 Å². The minimum Gasteiger partial charge on any atom is -0.493 e. The maximum Gasteiger partial charge on any atom is 0.216 e. The molecule has 0 aliphatic heterocycles. The Morgan fingerprint density at radius 2 is 1.90 bits per heavy atom. The maximum atomic E-state index is 10.0. The minimum atomic E-state index is -0.0532. The standard InChI is InChI=1S/C15H9ClN4O/c16-12-3-1-11(2-4-12)13-8-15(21)20(19-13)14-7-10(9-17)5-6-18-14/h1-8,21H. The van der Waals surface area contributed by atoms with Crippen LogP contribution < -0.4 is 0 Å². The Balaban J connectivity index is 2.05. The van der Waals surface area contributed by atoms with Gasteiger partial charge in [0.15, 0.2) is 5.82 Å². The summed E-state index contributed by atoms with van der Waals surface area (Å²) in [5.74, 6) is 0.328. The van der Waals surface area contributed by atoms with E-state index in [1.165, 1.54) is 16.9 Å². The fourth-order valence-electron chi connectivity index (χ4n) is 1.91. The first kappa shape index (κ1) is 13.2. The lowest BCUT2D eigenvalue weighted by Gasteiger charge is -2.01. The highest BCUT2D eigenvalue weighted by atomic mass is 35.5. The summed E-state index contributed by atoms with van der Waals surface area (Å²) in [7, 11) is 0. The molecule has 0 amide bonds. The highest BCUT2D eigenvalue weighted by molar-refractivity contribution is 6.30. The Kier molecular flexibility index (Phi) is 3.30. The Morgan fingerprint density at radius 3 is 2.62 bits per heavy atom. The van der Waals surface area contributed by atoms with Gasteiger partial charge in [0.1, 0.15) is 0 Å². The SMILES string of the molecule is N#Cc1ccnc(-n2nc(-c3ccc(Cl)cc3)cc2O)c1. The van der Waals surface area contributed by atoms with Crippen LogP contribution in [0.5, 0.6) is 5.88 Å². The number of halogens is 1. The Bertz CT molecular complexity index is 834. The van der Waals surface area contributed by atoms with Crippen LogP contribution in [0, 0.1) is 11.3 Å². The molecule has 0 bridgehead atoms. The third-order valence-corrected chi connectivity index (χ3v) is 3.17. The number of nitriles is 1. The Labute approximate surface area is 125 Å². The van der Waals surface area contributed by atoms with Gasteiger partial charge in [0, 0.05) is 28.9 Å². The molecule has 0 radical (unpaired) electrons. The third-order valence-electron chi connectivity index (χ3n) is 2.92. The normalized spacial score (nSPS) is 10.3. The molecular weight excluding hydrogens is 288 g/mol. The second-order valence-corrected chi connectivity index (χ2v) is 4.76. The fraction of sp³-hybridized carbons (Fsp3) is 0. The molecule has 21 heavy (non-hydrogen) atoms. The molecule has 2 aromatic heterocycles. The summed E-state index contributed by atoms with van der Waals surface area (Å²) in [6.07, 6.45) is 1.50. The first-order valence-electron chi connectivity index (χ1n) is 6.09. The first-order chi connectivity index (χ1) is 10.2. The van der Waals surface area contributed by atoms with Crippen LogP contribution in [-0.2, 0) is 0 Å². The van der Waals surface area contributed by atoms with Crippen molar-refractivity contribution in [3.05, 3.63) is 59.2 Å². The van der Waals surface area contributed by atoms with E-state index in [4.69, 9.17) is 16.9 Å². The summed E-state index contributed by atoms with van der Waals surface area (Å²) in [4.78, 5) is 4.11. The molecule has 0 aliphatic carbocycles. The Hall–Kier alpha value is -2.84. The van der Waals surface area contributed by atoms with Crippen molar-refractivity contribution >= 4 is 11.6 Å². The summed E-state index contributed by atoms with van der Waals surface area (Å²) in [6.45, 7) is 0. The number of benzene rings is 1. The fourth-order valence-corrected chi connectivity index (χ4v) is 2.03. The van der Waals surface area contributed by atoms with Crippen LogP contribution in [0.15, 0.2) is 48.7 Å².